The second kappa shape index (κ2) is 10.5. The van der Waals surface area contributed by atoms with Gasteiger partial charge in [0.25, 0.3) is 11.8 Å². The summed E-state index contributed by atoms with van der Waals surface area (Å²) >= 11 is 0.936. The van der Waals surface area contributed by atoms with E-state index in [0.717, 1.165) is 16.1 Å². The fraction of sp³-hybridized carbons (Fsp3) is 0.438. The molecular weight excluding hydrogens is 552 g/mol. The average molecular weight is 575 g/mol. The molecule has 2 amide bonds. The van der Waals surface area contributed by atoms with Crippen LogP contribution in [0.5, 0.6) is 0 Å². The van der Waals surface area contributed by atoms with Crippen molar-refractivity contribution in [1.29, 1.82) is 5.41 Å². The molecule has 0 spiro atoms. The Balaban J connectivity index is 1.85. The zero-order valence-electron chi connectivity index (χ0n) is 19.6. The molecule has 0 saturated carbocycles. The number of hydrogen-bond donors (Lipinski definition) is 7. The molecule has 20 nitrogen and oxygen atoms in total. The van der Waals surface area contributed by atoms with Crippen LogP contribution in [0.1, 0.15) is 25.4 Å². The Kier molecular flexibility index (Phi) is 7.78. The van der Waals surface area contributed by atoms with E-state index in [9.17, 15) is 32.5 Å². The van der Waals surface area contributed by atoms with Gasteiger partial charge in [-0.3, -0.25) is 19.6 Å². The van der Waals surface area contributed by atoms with E-state index in [4.69, 9.17) is 21.7 Å². The molecule has 1 aliphatic heterocycles. The van der Waals surface area contributed by atoms with Crippen molar-refractivity contribution < 1.29 is 37.3 Å². The third-order valence-corrected chi connectivity index (χ3v) is 6.47. The van der Waals surface area contributed by atoms with E-state index in [2.05, 4.69) is 36.2 Å². The Morgan fingerprint density at radius 1 is 1.39 bits per heavy atom. The van der Waals surface area contributed by atoms with Crippen LogP contribution in [-0.4, -0.2) is 94.7 Å². The summed E-state index contributed by atoms with van der Waals surface area (Å²) < 4.78 is 33.2. The van der Waals surface area contributed by atoms with Gasteiger partial charge in [0.2, 0.25) is 5.60 Å². The molecule has 0 aromatic carbocycles. The zero-order valence-corrected chi connectivity index (χ0v) is 21.2. The first-order valence-corrected chi connectivity index (χ1v) is 12.5. The van der Waals surface area contributed by atoms with Crippen molar-refractivity contribution in [3.8, 4) is 0 Å². The summed E-state index contributed by atoms with van der Waals surface area (Å²) in [5, 5.41) is 37.4. The van der Waals surface area contributed by atoms with Crippen LogP contribution in [0.4, 0.5) is 5.13 Å². The number of rotatable bonds is 11. The van der Waals surface area contributed by atoms with Crippen LogP contribution >= 0.6 is 11.3 Å². The molecule has 0 bridgehead atoms. The topological polar surface area (TPSA) is 307 Å². The molecule has 2 atom stereocenters. The molecule has 1 aliphatic rings. The van der Waals surface area contributed by atoms with Crippen molar-refractivity contribution in [2.75, 3.05) is 5.73 Å². The fourth-order valence-electron chi connectivity index (χ4n) is 2.92. The van der Waals surface area contributed by atoms with Gasteiger partial charge in [0.1, 0.15) is 17.8 Å². The quantitative estimate of drug-likeness (QED) is 0.0449. The third-order valence-electron chi connectivity index (χ3n) is 4.85. The first-order valence-electron chi connectivity index (χ1n) is 10.3. The number of thiazole rings is 1. The molecule has 3 heterocycles. The number of hydrogen-bond acceptors (Lipinski definition) is 14. The monoisotopic (exact) mass is 574 g/mol. The largest absolute Gasteiger partial charge is 0.478 e. The lowest BCUT2D eigenvalue weighted by atomic mass is 9.98. The van der Waals surface area contributed by atoms with Gasteiger partial charge < -0.3 is 32.0 Å². The number of nitrogens with two attached hydrogens (primary N) is 2. The summed E-state index contributed by atoms with van der Waals surface area (Å²) in [6.45, 7) is 1.82. The molecular formula is C16H22N12O8S2. The summed E-state index contributed by atoms with van der Waals surface area (Å²) in [5.41, 5.74) is 8.28. The number of nitrogens with one attached hydrogen (secondary N) is 3. The molecule has 0 aliphatic carbocycles. The number of aliphatic carboxylic acids is 1. The lowest BCUT2D eigenvalue weighted by Crippen LogP contribution is -2.73. The summed E-state index contributed by atoms with van der Waals surface area (Å²) in [6, 6.07) is -2.93. The number of amides is 2. The van der Waals surface area contributed by atoms with Gasteiger partial charge in [0.15, 0.2) is 22.6 Å². The highest BCUT2D eigenvalue weighted by Crippen LogP contribution is 2.25. The molecule has 206 valence electrons. The zero-order chi connectivity index (χ0) is 28.4. The van der Waals surface area contributed by atoms with E-state index in [1.807, 2.05) is 0 Å². The van der Waals surface area contributed by atoms with Crippen molar-refractivity contribution in [3.63, 3.8) is 0 Å². The van der Waals surface area contributed by atoms with Crippen molar-refractivity contribution in [2.45, 2.75) is 44.6 Å². The fourth-order valence-corrected chi connectivity index (χ4v) is 4.34. The number of aromatic nitrogens is 5. The normalized spacial score (nSPS) is 18.0. The minimum atomic E-state index is -5.04. The van der Waals surface area contributed by atoms with Gasteiger partial charge in [-0.15, -0.1) is 21.5 Å². The number of carboxylic acids is 1. The van der Waals surface area contributed by atoms with Crippen LogP contribution in [0.15, 0.2) is 10.5 Å². The van der Waals surface area contributed by atoms with Gasteiger partial charge in [-0.2, -0.15) is 13.2 Å². The third kappa shape index (κ3) is 6.27. The SMILES string of the molecule is CC(C)(O/N=C(\C(=O)NC1C(=O)N(S(=O)(=O)O)C1Cn1nnc(CNC(=N)N)n1)c1csc(N)n1)C(=O)O. The van der Waals surface area contributed by atoms with Crippen molar-refractivity contribution in [3.05, 3.63) is 16.9 Å². The molecule has 2 aromatic rings. The summed E-state index contributed by atoms with van der Waals surface area (Å²) in [7, 11) is -5.04. The minimum absolute atomic E-state index is 0.0421. The molecule has 38 heavy (non-hydrogen) atoms. The predicted molar refractivity (Wildman–Crippen MR) is 127 cm³/mol. The van der Waals surface area contributed by atoms with Crippen molar-refractivity contribution in [1.82, 2.24) is 40.1 Å². The molecule has 9 N–H and O–H groups in total. The number of tetrazole rings is 1. The van der Waals surface area contributed by atoms with Gasteiger partial charge in [0.05, 0.1) is 13.1 Å². The van der Waals surface area contributed by atoms with Gasteiger partial charge in [-0.05, 0) is 19.1 Å². The Morgan fingerprint density at radius 3 is 2.63 bits per heavy atom. The Labute approximate surface area is 217 Å². The number of guanidine groups is 1. The van der Waals surface area contributed by atoms with Crippen LogP contribution in [0, 0.1) is 5.41 Å². The van der Waals surface area contributed by atoms with Crippen molar-refractivity contribution >= 4 is 56.2 Å². The number of carboxylic acid groups (broad SMARTS) is 1. The summed E-state index contributed by atoms with van der Waals surface area (Å²) in [6.07, 6.45) is 0. The molecule has 22 heteroatoms. The van der Waals surface area contributed by atoms with Gasteiger partial charge in [-0.1, -0.05) is 5.16 Å². The van der Waals surface area contributed by atoms with E-state index in [1.54, 1.807) is 0 Å². The first-order chi connectivity index (χ1) is 17.6. The second-order valence-corrected chi connectivity index (χ2v) is 10.3. The van der Waals surface area contributed by atoms with E-state index in [1.165, 1.54) is 19.2 Å². The van der Waals surface area contributed by atoms with Crippen LogP contribution in [0.2, 0.25) is 0 Å². The number of anilines is 1. The maximum Gasteiger partial charge on any atom is 0.362 e. The summed E-state index contributed by atoms with van der Waals surface area (Å²) in [5.74, 6) is -3.96. The highest BCUT2D eigenvalue weighted by molar-refractivity contribution is 7.84. The van der Waals surface area contributed by atoms with E-state index >= 15 is 0 Å². The molecule has 0 radical (unpaired) electrons. The van der Waals surface area contributed by atoms with Gasteiger partial charge >= 0.3 is 16.3 Å². The maximum atomic E-state index is 13.1. The van der Waals surface area contributed by atoms with Crippen molar-refractivity contribution in [2.24, 2.45) is 10.9 Å². The Hall–Kier alpha value is -4.44. The average Bonchev–Trinajstić information content (AvgIpc) is 3.43. The molecule has 1 saturated heterocycles. The number of carbonyl (C=O) groups excluding carboxylic acids is 2. The number of oxime groups is 1. The molecule has 2 unspecified atom stereocenters. The van der Waals surface area contributed by atoms with Crippen LogP contribution in [-0.2, 0) is 42.6 Å². The Bertz CT molecular complexity index is 1400. The van der Waals surface area contributed by atoms with E-state index in [0.29, 0.717) is 0 Å². The van der Waals surface area contributed by atoms with Crippen LogP contribution in [0.3, 0.4) is 0 Å². The van der Waals surface area contributed by atoms with Gasteiger partial charge in [-0.25, -0.2) is 14.1 Å². The number of nitrogen functional groups attached to an aromatic ring is 1. The number of β-lactam (4-membered cyclic amide) rings is 1. The lowest BCUT2D eigenvalue weighted by molar-refractivity contribution is -0.161. The molecule has 2 aromatic heterocycles. The molecule has 3 rings (SSSR count). The predicted octanol–water partition coefficient (Wildman–Crippen LogP) is -3.52. The van der Waals surface area contributed by atoms with Gasteiger partial charge in [0, 0.05) is 5.38 Å². The highest BCUT2D eigenvalue weighted by Gasteiger charge is 2.54. The number of carbonyl (C=O) groups is 3. The number of nitrogens with zero attached hydrogens (tertiary/aromatic N) is 7. The van der Waals surface area contributed by atoms with E-state index < -0.39 is 58.0 Å². The maximum absolute atomic E-state index is 13.1. The smallest absolute Gasteiger partial charge is 0.362 e. The van der Waals surface area contributed by atoms with Crippen LogP contribution in [0.25, 0.3) is 0 Å². The second-order valence-electron chi connectivity index (χ2n) is 8.08. The van der Waals surface area contributed by atoms with Crippen LogP contribution < -0.4 is 22.1 Å². The minimum Gasteiger partial charge on any atom is -0.478 e. The lowest BCUT2D eigenvalue weighted by Gasteiger charge is -2.43. The highest BCUT2D eigenvalue weighted by atomic mass is 32.2. The van der Waals surface area contributed by atoms with E-state index in [-0.39, 0.29) is 33.5 Å². The standard InChI is InChI=1S/C16H22N12O8S2/c1-16(2,13(31)32)36-25-9(6-5-37-15(19)21-6)11(29)22-10-7(28(12(10)30)38(33,34)35)4-27-24-8(23-26-27)3-20-14(17)18/h5,7,10H,3-4H2,1-2H3,(H2,19,21)(H,22,29)(H,31,32)(H4,17,18,20)(H,33,34,35)/b25-9-. The Morgan fingerprint density at radius 2 is 2.08 bits per heavy atom. The first kappa shape index (κ1) is 28.1. The molecule has 1 fully saturated rings. The summed E-state index contributed by atoms with van der Waals surface area (Å²) in [4.78, 5) is 46.8.